The Morgan fingerprint density at radius 1 is 1.16 bits per heavy atom. The van der Waals surface area contributed by atoms with E-state index >= 15 is 0 Å². The number of fused-ring (bicyclic) bond motifs is 1. The van der Waals surface area contributed by atoms with Crippen LogP contribution in [0.2, 0.25) is 5.02 Å². The van der Waals surface area contributed by atoms with Gasteiger partial charge in [-0.15, -0.1) is 0 Å². The highest BCUT2D eigenvalue weighted by atomic mass is 35.5. The molecule has 0 aliphatic heterocycles. The van der Waals surface area contributed by atoms with Gasteiger partial charge in [-0.2, -0.15) is 0 Å². The minimum Gasteiger partial charge on any atom is -0.507 e. The fraction of sp³-hybridized carbons (Fsp3) is 0.111. The van der Waals surface area contributed by atoms with Crippen LogP contribution in [0, 0.1) is 0 Å². The Bertz CT molecular complexity index is 1030. The molecule has 2 aromatic carbocycles. The molecule has 128 valence electrons. The Labute approximate surface area is 148 Å². The number of aromatic amines is 1. The molecule has 2 N–H and O–H groups in total. The van der Waals surface area contributed by atoms with Gasteiger partial charge in [0, 0.05) is 16.7 Å². The van der Waals surface area contributed by atoms with E-state index in [9.17, 15) is 9.90 Å². The third kappa shape index (κ3) is 3.44. The second-order valence-electron chi connectivity index (χ2n) is 5.21. The van der Waals surface area contributed by atoms with Crippen molar-refractivity contribution in [3.63, 3.8) is 0 Å². The first-order valence-corrected chi connectivity index (χ1v) is 7.72. The number of halogens is 1. The SMILES string of the molecule is COc1ccc(/C(O)=C/c2nc3ccc(Cl)cc3[nH]c2=O)cc1OC. The summed E-state index contributed by atoms with van der Waals surface area (Å²) in [5, 5.41) is 10.9. The number of methoxy groups -OCH3 is 2. The monoisotopic (exact) mass is 358 g/mol. The number of benzene rings is 2. The molecule has 1 heterocycles. The van der Waals surface area contributed by atoms with Crippen molar-refractivity contribution in [1.82, 2.24) is 9.97 Å². The average Bonchev–Trinajstić information content (AvgIpc) is 2.61. The van der Waals surface area contributed by atoms with Crippen molar-refractivity contribution >= 4 is 34.5 Å². The minimum atomic E-state index is -0.429. The Morgan fingerprint density at radius 2 is 1.92 bits per heavy atom. The van der Waals surface area contributed by atoms with E-state index in [1.165, 1.54) is 20.3 Å². The fourth-order valence-corrected chi connectivity index (χ4v) is 2.55. The van der Waals surface area contributed by atoms with Crippen molar-refractivity contribution in [2.24, 2.45) is 0 Å². The molecule has 0 radical (unpaired) electrons. The summed E-state index contributed by atoms with van der Waals surface area (Å²) in [4.78, 5) is 19.1. The lowest BCUT2D eigenvalue weighted by molar-refractivity contribution is 0.354. The predicted octanol–water partition coefficient (Wildman–Crippen LogP) is 3.65. The maximum atomic E-state index is 12.2. The molecular formula is C18H15ClN2O4. The van der Waals surface area contributed by atoms with Crippen LogP contribution >= 0.6 is 11.6 Å². The molecule has 0 spiro atoms. The molecule has 0 unspecified atom stereocenters. The third-order valence-electron chi connectivity index (χ3n) is 3.63. The highest BCUT2D eigenvalue weighted by Crippen LogP contribution is 2.30. The largest absolute Gasteiger partial charge is 0.507 e. The van der Waals surface area contributed by atoms with E-state index in [-0.39, 0.29) is 11.5 Å². The van der Waals surface area contributed by atoms with Crippen molar-refractivity contribution in [2.75, 3.05) is 14.2 Å². The van der Waals surface area contributed by atoms with E-state index in [1.54, 1.807) is 36.4 Å². The zero-order valence-corrected chi connectivity index (χ0v) is 14.3. The van der Waals surface area contributed by atoms with Crippen LogP contribution in [0.4, 0.5) is 0 Å². The molecule has 0 saturated heterocycles. The molecule has 1 aromatic heterocycles. The number of hydrogen-bond acceptors (Lipinski definition) is 5. The Hall–Kier alpha value is -2.99. The van der Waals surface area contributed by atoms with E-state index in [0.29, 0.717) is 33.1 Å². The molecule has 0 aliphatic carbocycles. The van der Waals surface area contributed by atoms with Crippen molar-refractivity contribution in [3.05, 3.63) is 63.0 Å². The molecule has 6 nitrogen and oxygen atoms in total. The smallest absolute Gasteiger partial charge is 0.274 e. The van der Waals surface area contributed by atoms with Gasteiger partial charge in [-0.25, -0.2) is 4.98 Å². The number of nitrogens with one attached hydrogen (secondary N) is 1. The number of hydrogen-bond donors (Lipinski definition) is 2. The summed E-state index contributed by atoms with van der Waals surface area (Å²) in [6.45, 7) is 0. The van der Waals surface area contributed by atoms with Crippen LogP contribution in [0.15, 0.2) is 41.2 Å². The number of rotatable bonds is 4. The molecule has 7 heteroatoms. The van der Waals surface area contributed by atoms with Crippen molar-refractivity contribution in [3.8, 4) is 11.5 Å². The van der Waals surface area contributed by atoms with Gasteiger partial charge in [0.2, 0.25) is 0 Å². The third-order valence-corrected chi connectivity index (χ3v) is 3.87. The number of aliphatic hydroxyl groups is 1. The lowest BCUT2D eigenvalue weighted by Crippen LogP contribution is -2.12. The van der Waals surface area contributed by atoms with Crippen LogP contribution in [-0.4, -0.2) is 29.3 Å². The zero-order chi connectivity index (χ0) is 18.0. The van der Waals surface area contributed by atoms with Gasteiger partial charge in [0.15, 0.2) is 11.5 Å². The van der Waals surface area contributed by atoms with Crippen molar-refractivity contribution < 1.29 is 14.6 Å². The highest BCUT2D eigenvalue weighted by molar-refractivity contribution is 6.31. The molecule has 0 saturated carbocycles. The maximum Gasteiger partial charge on any atom is 0.274 e. The Kier molecular flexibility index (Phi) is 4.63. The molecule has 0 atom stereocenters. The summed E-state index contributed by atoms with van der Waals surface area (Å²) in [5.41, 5.74) is 1.22. The molecule has 0 aliphatic rings. The second-order valence-corrected chi connectivity index (χ2v) is 5.65. The molecule has 0 fully saturated rings. The lowest BCUT2D eigenvalue weighted by atomic mass is 10.1. The van der Waals surface area contributed by atoms with Gasteiger partial charge >= 0.3 is 0 Å². The van der Waals surface area contributed by atoms with E-state index in [4.69, 9.17) is 21.1 Å². The van der Waals surface area contributed by atoms with Gasteiger partial charge in [0.1, 0.15) is 11.5 Å². The van der Waals surface area contributed by atoms with Crippen LogP contribution in [0.1, 0.15) is 11.3 Å². The molecular weight excluding hydrogens is 344 g/mol. The quantitative estimate of drug-likeness (QED) is 0.695. The molecule has 25 heavy (non-hydrogen) atoms. The molecule has 0 bridgehead atoms. The van der Waals surface area contributed by atoms with Gasteiger partial charge in [0.25, 0.3) is 5.56 Å². The average molecular weight is 359 g/mol. The summed E-state index contributed by atoms with van der Waals surface area (Å²) in [6.07, 6.45) is 1.30. The second kappa shape index (κ2) is 6.86. The number of nitrogens with zero attached hydrogens (tertiary/aromatic N) is 1. The molecule has 3 rings (SSSR count). The van der Waals surface area contributed by atoms with Gasteiger partial charge in [-0.1, -0.05) is 11.6 Å². The van der Waals surface area contributed by atoms with E-state index in [1.807, 2.05) is 0 Å². The van der Waals surface area contributed by atoms with Crippen LogP contribution < -0.4 is 15.0 Å². The van der Waals surface area contributed by atoms with Crippen LogP contribution in [0.25, 0.3) is 22.9 Å². The first-order valence-electron chi connectivity index (χ1n) is 7.34. The zero-order valence-electron chi connectivity index (χ0n) is 13.5. The topological polar surface area (TPSA) is 84.4 Å². The fourth-order valence-electron chi connectivity index (χ4n) is 2.38. The predicted molar refractivity (Wildman–Crippen MR) is 97.4 cm³/mol. The van der Waals surface area contributed by atoms with Crippen molar-refractivity contribution in [2.45, 2.75) is 0 Å². The van der Waals surface area contributed by atoms with Crippen LogP contribution in [0.3, 0.4) is 0 Å². The molecule has 0 amide bonds. The van der Waals surface area contributed by atoms with Gasteiger partial charge in [-0.3, -0.25) is 4.79 Å². The van der Waals surface area contributed by atoms with E-state index in [0.717, 1.165) is 0 Å². The number of H-pyrrole nitrogens is 1. The standard InChI is InChI=1S/C18H15ClN2O4/c1-24-16-6-3-10(7-17(16)25-2)15(22)9-14-18(23)21-13-8-11(19)4-5-12(13)20-14/h3-9,22H,1-2H3,(H,21,23)/b15-9-. The minimum absolute atomic E-state index is 0.0853. The highest BCUT2D eigenvalue weighted by Gasteiger charge is 2.09. The van der Waals surface area contributed by atoms with Gasteiger partial charge in [-0.05, 0) is 36.4 Å². The van der Waals surface area contributed by atoms with E-state index < -0.39 is 5.56 Å². The number of ether oxygens (including phenoxy) is 2. The summed E-state index contributed by atoms with van der Waals surface area (Å²) in [6, 6.07) is 9.92. The van der Waals surface area contributed by atoms with Crippen LogP contribution in [-0.2, 0) is 0 Å². The summed E-state index contributed by atoms with van der Waals surface area (Å²) in [5.74, 6) is 0.889. The van der Waals surface area contributed by atoms with Gasteiger partial charge < -0.3 is 19.6 Å². The Balaban J connectivity index is 2.05. The summed E-state index contributed by atoms with van der Waals surface area (Å²) < 4.78 is 10.4. The maximum absolute atomic E-state index is 12.2. The van der Waals surface area contributed by atoms with Crippen LogP contribution in [0.5, 0.6) is 11.5 Å². The molecule has 3 aromatic rings. The summed E-state index contributed by atoms with van der Waals surface area (Å²) in [7, 11) is 3.03. The Morgan fingerprint density at radius 3 is 2.64 bits per heavy atom. The first kappa shape index (κ1) is 16.9. The summed E-state index contributed by atoms with van der Waals surface area (Å²) >= 11 is 5.90. The normalized spacial score (nSPS) is 11.6. The van der Waals surface area contributed by atoms with Crippen molar-refractivity contribution in [1.29, 1.82) is 0 Å². The number of aliphatic hydroxyl groups excluding tert-OH is 1. The van der Waals surface area contributed by atoms with E-state index in [2.05, 4.69) is 9.97 Å². The first-order chi connectivity index (χ1) is 12.0. The van der Waals surface area contributed by atoms with Gasteiger partial charge in [0.05, 0.1) is 25.3 Å². The lowest BCUT2D eigenvalue weighted by Gasteiger charge is -2.09. The number of aromatic nitrogens is 2.